The molecule has 0 fully saturated rings. The van der Waals surface area contributed by atoms with Gasteiger partial charge in [-0.05, 0) is 41.5 Å². The lowest BCUT2D eigenvalue weighted by Crippen LogP contribution is -2.04. The monoisotopic (exact) mass is 350 g/mol. The topological polar surface area (TPSA) is 44.8 Å². The first-order valence-corrected chi connectivity index (χ1v) is 7.32. The first-order chi connectivity index (χ1) is 11.9. The van der Waals surface area contributed by atoms with Crippen molar-refractivity contribution in [3.8, 4) is 11.5 Å². The molecule has 0 radical (unpaired) electrons. The molecule has 0 aromatic heterocycles. The summed E-state index contributed by atoms with van der Waals surface area (Å²) in [6.45, 7) is 0.210. The van der Waals surface area contributed by atoms with E-state index in [1.807, 2.05) is 0 Å². The normalized spacial score (nSPS) is 13.2. The van der Waals surface area contributed by atoms with E-state index in [0.717, 1.165) is 23.8 Å². The number of carbonyl (C=O) groups is 1. The Balaban J connectivity index is 1.54. The molecule has 0 unspecified atom stereocenters. The maximum absolute atomic E-state index is 12.5. The Kier molecular flexibility index (Phi) is 4.65. The van der Waals surface area contributed by atoms with Crippen LogP contribution < -0.4 is 9.47 Å². The summed E-state index contributed by atoms with van der Waals surface area (Å²) in [5, 5.41) is 0. The number of alkyl halides is 3. The zero-order valence-corrected chi connectivity index (χ0v) is 12.9. The molecule has 1 aliphatic heterocycles. The molecule has 2 aromatic rings. The van der Waals surface area contributed by atoms with Gasteiger partial charge in [-0.3, -0.25) is 0 Å². The Labute approximate surface area is 141 Å². The van der Waals surface area contributed by atoms with Gasteiger partial charge >= 0.3 is 12.1 Å². The largest absolute Gasteiger partial charge is 0.458 e. The number of hydrogen-bond donors (Lipinski definition) is 0. The van der Waals surface area contributed by atoms with E-state index in [1.54, 1.807) is 18.2 Å². The van der Waals surface area contributed by atoms with E-state index in [1.165, 1.54) is 18.2 Å². The molecule has 3 rings (SSSR count). The maximum Gasteiger partial charge on any atom is 0.416 e. The summed E-state index contributed by atoms with van der Waals surface area (Å²) in [6, 6.07) is 9.67. The molecule has 4 nitrogen and oxygen atoms in total. The number of benzene rings is 2. The van der Waals surface area contributed by atoms with Crippen LogP contribution >= 0.6 is 0 Å². The van der Waals surface area contributed by atoms with Crippen LogP contribution in [0.5, 0.6) is 11.5 Å². The molecule has 0 aliphatic carbocycles. The zero-order chi connectivity index (χ0) is 17.9. The van der Waals surface area contributed by atoms with E-state index in [9.17, 15) is 18.0 Å². The molecular formula is C18H13F3O4. The van der Waals surface area contributed by atoms with Gasteiger partial charge in [0.05, 0.1) is 5.56 Å². The molecule has 25 heavy (non-hydrogen) atoms. The summed E-state index contributed by atoms with van der Waals surface area (Å²) < 4.78 is 52.9. The van der Waals surface area contributed by atoms with Crippen molar-refractivity contribution in [1.29, 1.82) is 0 Å². The fourth-order valence-electron chi connectivity index (χ4n) is 2.18. The first kappa shape index (κ1) is 16.9. The number of hydrogen-bond acceptors (Lipinski definition) is 4. The fourth-order valence-corrected chi connectivity index (χ4v) is 2.18. The van der Waals surface area contributed by atoms with Crippen LogP contribution in [-0.4, -0.2) is 12.8 Å². The van der Waals surface area contributed by atoms with Gasteiger partial charge in [0.2, 0.25) is 6.79 Å². The third kappa shape index (κ3) is 4.32. The molecule has 7 heteroatoms. The average molecular weight is 350 g/mol. The van der Waals surface area contributed by atoms with Gasteiger partial charge in [0.25, 0.3) is 0 Å². The van der Waals surface area contributed by atoms with Crippen molar-refractivity contribution in [2.75, 3.05) is 6.79 Å². The van der Waals surface area contributed by atoms with Gasteiger partial charge in [-0.2, -0.15) is 13.2 Å². The third-order valence-electron chi connectivity index (χ3n) is 3.47. The lowest BCUT2D eigenvalue weighted by Gasteiger charge is -2.06. The summed E-state index contributed by atoms with van der Waals surface area (Å²) >= 11 is 0. The highest BCUT2D eigenvalue weighted by molar-refractivity contribution is 5.87. The highest BCUT2D eigenvalue weighted by Gasteiger charge is 2.29. The quantitative estimate of drug-likeness (QED) is 0.613. The van der Waals surface area contributed by atoms with Crippen molar-refractivity contribution < 1.29 is 32.2 Å². The third-order valence-corrected chi connectivity index (χ3v) is 3.47. The van der Waals surface area contributed by atoms with E-state index in [4.69, 9.17) is 14.2 Å². The Hall–Kier alpha value is -2.96. The predicted octanol–water partition coefficient (Wildman–Crippen LogP) is 4.19. The van der Waals surface area contributed by atoms with E-state index < -0.39 is 17.7 Å². The SMILES string of the molecule is O=C(/C=C/c1ccc(C(F)(F)F)cc1)OCc1ccc2c(c1)OCO2. The van der Waals surface area contributed by atoms with Crippen LogP contribution in [0.1, 0.15) is 16.7 Å². The summed E-state index contributed by atoms with van der Waals surface area (Å²) in [7, 11) is 0. The number of halogens is 3. The van der Waals surface area contributed by atoms with Gasteiger partial charge in [0.15, 0.2) is 11.5 Å². The molecule has 130 valence electrons. The van der Waals surface area contributed by atoms with Crippen molar-refractivity contribution in [2.24, 2.45) is 0 Å². The number of ether oxygens (including phenoxy) is 3. The molecule has 2 aromatic carbocycles. The van der Waals surface area contributed by atoms with Crippen LogP contribution in [0.4, 0.5) is 13.2 Å². The molecule has 1 heterocycles. The minimum absolute atomic E-state index is 0.0484. The predicted molar refractivity (Wildman–Crippen MR) is 82.8 cm³/mol. The van der Waals surface area contributed by atoms with Crippen LogP contribution in [0, 0.1) is 0 Å². The van der Waals surface area contributed by atoms with Crippen molar-refractivity contribution in [3.63, 3.8) is 0 Å². The number of rotatable bonds is 4. The van der Waals surface area contributed by atoms with Crippen LogP contribution in [0.25, 0.3) is 6.08 Å². The Bertz CT molecular complexity index is 795. The van der Waals surface area contributed by atoms with Crippen LogP contribution in [0.3, 0.4) is 0 Å². The van der Waals surface area contributed by atoms with E-state index >= 15 is 0 Å². The first-order valence-electron chi connectivity index (χ1n) is 7.32. The van der Waals surface area contributed by atoms with Crippen molar-refractivity contribution in [1.82, 2.24) is 0 Å². The molecule has 0 saturated heterocycles. The molecule has 1 aliphatic rings. The highest BCUT2D eigenvalue weighted by Crippen LogP contribution is 2.32. The van der Waals surface area contributed by atoms with Crippen LogP contribution in [0.15, 0.2) is 48.5 Å². The molecule has 0 N–H and O–H groups in total. The number of fused-ring (bicyclic) bond motifs is 1. The second kappa shape index (κ2) is 6.88. The average Bonchev–Trinajstić information content (AvgIpc) is 3.05. The highest BCUT2D eigenvalue weighted by atomic mass is 19.4. The molecule has 0 saturated carbocycles. The second-order valence-electron chi connectivity index (χ2n) is 5.25. The van der Waals surface area contributed by atoms with Crippen molar-refractivity contribution >= 4 is 12.0 Å². The van der Waals surface area contributed by atoms with E-state index in [0.29, 0.717) is 17.1 Å². The van der Waals surface area contributed by atoms with Gasteiger partial charge in [0, 0.05) is 6.08 Å². The molecule has 0 spiro atoms. The number of carbonyl (C=O) groups excluding carboxylic acids is 1. The summed E-state index contributed by atoms with van der Waals surface area (Å²) in [5.74, 6) is 0.628. The molecule has 0 bridgehead atoms. The lowest BCUT2D eigenvalue weighted by atomic mass is 10.1. The molecular weight excluding hydrogens is 337 g/mol. The zero-order valence-electron chi connectivity index (χ0n) is 12.9. The lowest BCUT2D eigenvalue weighted by molar-refractivity contribution is -0.139. The van der Waals surface area contributed by atoms with Crippen LogP contribution in [-0.2, 0) is 22.3 Å². The van der Waals surface area contributed by atoms with Gasteiger partial charge in [-0.25, -0.2) is 4.79 Å². The van der Waals surface area contributed by atoms with Gasteiger partial charge in [-0.15, -0.1) is 0 Å². The Morgan fingerprint density at radius 3 is 2.52 bits per heavy atom. The standard InChI is InChI=1S/C18H13F3O4/c19-18(20,21)14-5-1-12(2-6-14)4-8-17(22)23-10-13-3-7-15-16(9-13)25-11-24-15/h1-9H,10-11H2/b8-4+. The maximum atomic E-state index is 12.5. The second-order valence-corrected chi connectivity index (χ2v) is 5.25. The smallest absolute Gasteiger partial charge is 0.416 e. The fraction of sp³-hybridized carbons (Fsp3) is 0.167. The van der Waals surface area contributed by atoms with Crippen LogP contribution in [0.2, 0.25) is 0 Å². The van der Waals surface area contributed by atoms with Gasteiger partial charge in [-0.1, -0.05) is 18.2 Å². The summed E-state index contributed by atoms with van der Waals surface area (Å²) in [5.41, 5.74) is 0.462. The summed E-state index contributed by atoms with van der Waals surface area (Å²) in [6.07, 6.45) is -1.83. The van der Waals surface area contributed by atoms with E-state index in [-0.39, 0.29) is 13.4 Å². The van der Waals surface area contributed by atoms with Crippen molar-refractivity contribution in [3.05, 3.63) is 65.2 Å². The molecule has 0 atom stereocenters. The summed E-state index contributed by atoms with van der Waals surface area (Å²) in [4.78, 5) is 11.7. The van der Waals surface area contributed by atoms with Crippen molar-refractivity contribution in [2.45, 2.75) is 12.8 Å². The molecule has 0 amide bonds. The Morgan fingerprint density at radius 2 is 1.80 bits per heavy atom. The van der Waals surface area contributed by atoms with Gasteiger partial charge in [0.1, 0.15) is 6.61 Å². The minimum Gasteiger partial charge on any atom is -0.458 e. The van der Waals surface area contributed by atoms with E-state index in [2.05, 4.69) is 0 Å². The minimum atomic E-state index is -4.38. The number of esters is 1. The van der Waals surface area contributed by atoms with Gasteiger partial charge < -0.3 is 14.2 Å². The Morgan fingerprint density at radius 1 is 1.08 bits per heavy atom.